The molecule has 0 unspecified atom stereocenters. The van der Waals surface area contributed by atoms with Crippen LogP contribution in [-0.2, 0) is 9.53 Å². The molecular formula is C15H21NO4. The van der Waals surface area contributed by atoms with Gasteiger partial charge in [0.05, 0.1) is 14.2 Å². The standard InChI is InChI=1S/C15H21NO4/c1-18-10-4-9-16-15(17)8-6-12-5-7-13(19-2)14(11-12)20-3/h5-8,11H,4,9-10H2,1-3H3,(H,16,17). The predicted octanol–water partition coefficient (Wildman–Crippen LogP) is 1.87. The van der Waals surface area contributed by atoms with Gasteiger partial charge in [-0.15, -0.1) is 0 Å². The van der Waals surface area contributed by atoms with Crippen molar-refractivity contribution in [3.05, 3.63) is 29.8 Å². The van der Waals surface area contributed by atoms with Crippen molar-refractivity contribution >= 4 is 12.0 Å². The van der Waals surface area contributed by atoms with Crippen molar-refractivity contribution in [2.45, 2.75) is 6.42 Å². The Balaban J connectivity index is 2.54. The summed E-state index contributed by atoms with van der Waals surface area (Å²) in [7, 11) is 4.80. The van der Waals surface area contributed by atoms with Gasteiger partial charge in [0, 0.05) is 26.3 Å². The highest BCUT2D eigenvalue weighted by atomic mass is 16.5. The van der Waals surface area contributed by atoms with Crippen LogP contribution in [0.25, 0.3) is 6.08 Å². The zero-order valence-electron chi connectivity index (χ0n) is 12.1. The fourth-order valence-electron chi connectivity index (χ4n) is 1.62. The highest BCUT2D eigenvalue weighted by Gasteiger charge is 2.03. The molecule has 1 aromatic carbocycles. The molecule has 0 aliphatic rings. The zero-order valence-corrected chi connectivity index (χ0v) is 12.1. The summed E-state index contributed by atoms with van der Waals surface area (Å²) in [6, 6.07) is 5.47. The summed E-state index contributed by atoms with van der Waals surface area (Å²) in [6.45, 7) is 1.24. The number of carbonyl (C=O) groups excluding carboxylic acids is 1. The second-order valence-electron chi connectivity index (χ2n) is 4.09. The maximum Gasteiger partial charge on any atom is 0.244 e. The first kappa shape index (κ1) is 16.0. The van der Waals surface area contributed by atoms with Crippen LogP contribution in [0.3, 0.4) is 0 Å². The number of hydrogen-bond donors (Lipinski definition) is 1. The molecule has 20 heavy (non-hydrogen) atoms. The molecule has 110 valence electrons. The van der Waals surface area contributed by atoms with Crippen LogP contribution in [0.2, 0.25) is 0 Å². The fourth-order valence-corrected chi connectivity index (χ4v) is 1.62. The summed E-state index contributed by atoms with van der Waals surface area (Å²) in [5, 5.41) is 2.78. The summed E-state index contributed by atoms with van der Waals surface area (Å²) in [6.07, 6.45) is 4.02. The van der Waals surface area contributed by atoms with Gasteiger partial charge in [-0.05, 0) is 30.2 Å². The monoisotopic (exact) mass is 279 g/mol. The molecule has 1 N–H and O–H groups in total. The van der Waals surface area contributed by atoms with Gasteiger partial charge in [0.25, 0.3) is 0 Å². The Hall–Kier alpha value is -2.01. The molecule has 0 radical (unpaired) electrons. The van der Waals surface area contributed by atoms with Gasteiger partial charge in [-0.1, -0.05) is 6.07 Å². The number of hydrogen-bond acceptors (Lipinski definition) is 4. The van der Waals surface area contributed by atoms with Crippen molar-refractivity contribution in [3.8, 4) is 11.5 Å². The second-order valence-corrected chi connectivity index (χ2v) is 4.09. The topological polar surface area (TPSA) is 56.8 Å². The van der Waals surface area contributed by atoms with Crippen LogP contribution in [0.15, 0.2) is 24.3 Å². The average molecular weight is 279 g/mol. The third kappa shape index (κ3) is 5.32. The van der Waals surface area contributed by atoms with E-state index in [0.29, 0.717) is 24.7 Å². The van der Waals surface area contributed by atoms with E-state index >= 15 is 0 Å². The Morgan fingerprint density at radius 1 is 1.20 bits per heavy atom. The Morgan fingerprint density at radius 2 is 1.95 bits per heavy atom. The summed E-state index contributed by atoms with van der Waals surface area (Å²) < 4.78 is 15.3. The average Bonchev–Trinajstić information content (AvgIpc) is 2.49. The predicted molar refractivity (Wildman–Crippen MR) is 78.1 cm³/mol. The normalized spacial score (nSPS) is 10.6. The molecule has 1 rings (SSSR count). The lowest BCUT2D eigenvalue weighted by Gasteiger charge is -2.07. The van der Waals surface area contributed by atoms with Gasteiger partial charge in [0.15, 0.2) is 11.5 Å². The molecule has 0 aliphatic carbocycles. The van der Waals surface area contributed by atoms with Gasteiger partial charge >= 0.3 is 0 Å². The lowest BCUT2D eigenvalue weighted by atomic mass is 10.2. The summed E-state index contributed by atoms with van der Waals surface area (Å²) in [5.74, 6) is 1.17. The molecule has 0 bridgehead atoms. The minimum Gasteiger partial charge on any atom is -0.493 e. The lowest BCUT2D eigenvalue weighted by Crippen LogP contribution is -2.22. The van der Waals surface area contributed by atoms with Gasteiger partial charge in [0.2, 0.25) is 5.91 Å². The summed E-state index contributed by atoms with van der Waals surface area (Å²) >= 11 is 0. The van der Waals surface area contributed by atoms with E-state index in [0.717, 1.165) is 12.0 Å². The number of ether oxygens (including phenoxy) is 3. The van der Waals surface area contributed by atoms with E-state index < -0.39 is 0 Å². The molecular weight excluding hydrogens is 258 g/mol. The molecule has 0 aromatic heterocycles. The van der Waals surface area contributed by atoms with Crippen molar-refractivity contribution in [2.24, 2.45) is 0 Å². The van der Waals surface area contributed by atoms with Crippen molar-refractivity contribution in [1.82, 2.24) is 5.32 Å². The largest absolute Gasteiger partial charge is 0.493 e. The Kier molecular flexibility index (Phi) is 7.21. The molecule has 0 saturated heterocycles. The highest BCUT2D eigenvalue weighted by molar-refractivity contribution is 5.91. The molecule has 1 aromatic rings. The van der Waals surface area contributed by atoms with E-state index in [1.54, 1.807) is 33.5 Å². The summed E-state index contributed by atoms with van der Waals surface area (Å²) in [5.41, 5.74) is 0.870. The van der Waals surface area contributed by atoms with Crippen LogP contribution < -0.4 is 14.8 Å². The molecule has 0 fully saturated rings. The molecule has 0 atom stereocenters. The van der Waals surface area contributed by atoms with Gasteiger partial charge in [0.1, 0.15) is 0 Å². The van der Waals surface area contributed by atoms with Crippen LogP contribution in [0.4, 0.5) is 0 Å². The van der Waals surface area contributed by atoms with Crippen LogP contribution in [0.5, 0.6) is 11.5 Å². The van der Waals surface area contributed by atoms with Gasteiger partial charge in [-0.3, -0.25) is 4.79 Å². The first-order chi connectivity index (χ1) is 9.71. The molecule has 5 nitrogen and oxygen atoms in total. The third-order valence-electron chi connectivity index (χ3n) is 2.66. The third-order valence-corrected chi connectivity index (χ3v) is 2.66. The molecule has 0 heterocycles. The van der Waals surface area contributed by atoms with Crippen LogP contribution in [0, 0.1) is 0 Å². The first-order valence-electron chi connectivity index (χ1n) is 6.38. The number of rotatable bonds is 8. The van der Waals surface area contributed by atoms with E-state index in [-0.39, 0.29) is 5.91 Å². The smallest absolute Gasteiger partial charge is 0.244 e. The molecule has 0 saturated carbocycles. The molecule has 1 amide bonds. The van der Waals surface area contributed by atoms with E-state index in [4.69, 9.17) is 14.2 Å². The quantitative estimate of drug-likeness (QED) is 0.583. The Morgan fingerprint density at radius 3 is 2.60 bits per heavy atom. The van der Waals surface area contributed by atoms with Crippen molar-refractivity contribution in [3.63, 3.8) is 0 Å². The van der Waals surface area contributed by atoms with E-state index in [9.17, 15) is 4.79 Å². The van der Waals surface area contributed by atoms with Crippen LogP contribution >= 0.6 is 0 Å². The molecule has 5 heteroatoms. The van der Waals surface area contributed by atoms with Crippen LogP contribution in [0.1, 0.15) is 12.0 Å². The van der Waals surface area contributed by atoms with Gasteiger partial charge in [-0.25, -0.2) is 0 Å². The lowest BCUT2D eigenvalue weighted by molar-refractivity contribution is -0.116. The van der Waals surface area contributed by atoms with Crippen LogP contribution in [-0.4, -0.2) is 40.4 Å². The Bertz CT molecular complexity index is 457. The number of amides is 1. The minimum absolute atomic E-state index is 0.129. The zero-order chi connectivity index (χ0) is 14.8. The second kappa shape index (κ2) is 8.98. The number of methoxy groups -OCH3 is 3. The molecule has 0 spiro atoms. The Labute approximate surface area is 119 Å². The number of nitrogens with one attached hydrogen (secondary N) is 1. The summed E-state index contributed by atoms with van der Waals surface area (Å²) in [4.78, 5) is 11.6. The van der Waals surface area contributed by atoms with E-state index in [2.05, 4.69) is 5.32 Å². The van der Waals surface area contributed by atoms with Crippen molar-refractivity contribution in [1.29, 1.82) is 0 Å². The first-order valence-corrected chi connectivity index (χ1v) is 6.38. The minimum atomic E-state index is -0.129. The van der Waals surface area contributed by atoms with Crippen molar-refractivity contribution in [2.75, 3.05) is 34.5 Å². The highest BCUT2D eigenvalue weighted by Crippen LogP contribution is 2.27. The van der Waals surface area contributed by atoms with E-state index in [1.165, 1.54) is 6.08 Å². The maximum absolute atomic E-state index is 11.6. The van der Waals surface area contributed by atoms with Gasteiger partial charge < -0.3 is 19.5 Å². The number of benzene rings is 1. The molecule has 0 aliphatic heterocycles. The maximum atomic E-state index is 11.6. The van der Waals surface area contributed by atoms with E-state index in [1.807, 2.05) is 12.1 Å². The van der Waals surface area contributed by atoms with Crippen molar-refractivity contribution < 1.29 is 19.0 Å². The SMILES string of the molecule is COCCCNC(=O)C=Cc1ccc(OC)c(OC)c1. The fraction of sp³-hybridized carbons (Fsp3) is 0.400. The number of carbonyl (C=O) groups is 1. The van der Waals surface area contributed by atoms with Gasteiger partial charge in [-0.2, -0.15) is 0 Å².